The summed E-state index contributed by atoms with van der Waals surface area (Å²) >= 11 is 0. The Balaban J connectivity index is 4.82. The molecule has 0 aromatic carbocycles. The second kappa shape index (κ2) is 4.38. The van der Waals surface area contributed by atoms with E-state index < -0.39 is 21.3 Å². The van der Waals surface area contributed by atoms with Crippen LogP contribution in [0.2, 0.25) is 0 Å². The number of likely N-dealkylation sites (N-methyl/N-ethyl adjacent to an activating group) is 1. The van der Waals surface area contributed by atoms with Gasteiger partial charge in [-0.15, -0.1) is 0 Å². The number of amides is 1. The van der Waals surface area contributed by atoms with Gasteiger partial charge >= 0.3 is 0 Å². The SMILES string of the molecule is C=C(C(=O)NC)C(CC)S(=O)(=O)O. The molecule has 0 fully saturated rings. The quantitative estimate of drug-likeness (QED) is 0.500. The van der Waals surface area contributed by atoms with Gasteiger partial charge in [-0.1, -0.05) is 13.5 Å². The van der Waals surface area contributed by atoms with E-state index in [-0.39, 0.29) is 12.0 Å². The molecule has 0 bridgehead atoms. The van der Waals surface area contributed by atoms with Gasteiger partial charge in [0.1, 0.15) is 5.25 Å². The van der Waals surface area contributed by atoms with E-state index >= 15 is 0 Å². The van der Waals surface area contributed by atoms with Gasteiger partial charge in [-0.25, -0.2) is 0 Å². The van der Waals surface area contributed by atoms with Gasteiger partial charge in [-0.3, -0.25) is 9.35 Å². The third-order valence-electron chi connectivity index (χ3n) is 1.64. The number of carbonyl (C=O) groups excluding carboxylic acids is 1. The molecule has 1 amide bonds. The summed E-state index contributed by atoms with van der Waals surface area (Å²) in [5, 5.41) is 1.02. The Hall–Kier alpha value is -0.880. The molecule has 6 heteroatoms. The Morgan fingerprint density at radius 3 is 2.31 bits per heavy atom. The first-order chi connectivity index (χ1) is 5.84. The van der Waals surface area contributed by atoms with Crippen LogP contribution in [-0.2, 0) is 14.9 Å². The smallest absolute Gasteiger partial charge is 0.272 e. The third-order valence-corrected chi connectivity index (χ3v) is 2.97. The maximum atomic E-state index is 11.0. The van der Waals surface area contributed by atoms with Crippen LogP contribution in [0, 0.1) is 0 Å². The number of rotatable bonds is 4. The summed E-state index contributed by atoms with van der Waals surface area (Å²) < 4.78 is 30.2. The van der Waals surface area contributed by atoms with Crippen LogP contribution in [0.5, 0.6) is 0 Å². The Morgan fingerprint density at radius 2 is 2.08 bits per heavy atom. The van der Waals surface area contributed by atoms with Crippen LogP contribution in [0.25, 0.3) is 0 Å². The highest BCUT2D eigenvalue weighted by Gasteiger charge is 2.27. The van der Waals surface area contributed by atoms with Crippen LogP contribution in [0.1, 0.15) is 13.3 Å². The third kappa shape index (κ3) is 3.16. The van der Waals surface area contributed by atoms with Crippen molar-refractivity contribution in [3.63, 3.8) is 0 Å². The van der Waals surface area contributed by atoms with E-state index in [2.05, 4.69) is 11.9 Å². The molecule has 1 unspecified atom stereocenters. The van der Waals surface area contributed by atoms with Crippen molar-refractivity contribution in [3.05, 3.63) is 12.2 Å². The Labute approximate surface area is 77.6 Å². The van der Waals surface area contributed by atoms with Crippen molar-refractivity contribution in [3.8, 4) is 0 Å². The van der Waals surface area contributed by atoms with Gasteiger partial charge in [0.2, 0.25) is 5.91 Å². The summed E-state index contributed by atoms with van der Waals surface area (Å²) in [5.41, 5.74) is -0.146. The van der Waals surface area contributed by atoms with Crippen LogP contribution in [0.3, 0.4) is 0 Å². The van der Waals surface area contributed by atoms with E-state index in [1.54, 1.807) is 6.92 Å². The minimum absolute atomic E-state index is 0.116. The molecule has 1 atom stereocenters. The predicted octanol–water partition coefficient (Wildman–Crippen LogP) is -0.0450. The van der Waals surface area contributed by atoms with E-state index in [1.807, 2.05) is 0 Å². The van der Waals surface area contributed by atoms with Crippen LogP contribution < -0.4 is 5.32 Å². The van der Waals surface area contributed by atoms with Gasteiger partial charge in [0.05, 0.1) is 0 Å². The van der Waals surface area contributed by atoms with Gasteiger partial charge in [0, 0.05) is 12.6 Å². The van der Waals surface area contributed by atoms with E-state index in [4.69, 9.17) is 4.55 Å². The fraction of sp³-hybridized carbons (Fsp3) is 0.571. The first-order valence-electron chi connectivity index (χ1n) is 3.71. The molecular formula is C7H13NO4S. The molecule has 0 heterocycles. The molecular weight excluding hydrogens is 194 g/mol. The molecule has 0 radical (unpaired) electrons. The number of hydrogen-bond acceptors (Lipinski definition) is 3. The molecule has 0 saturated carbocycles. The van der Waals surface area contributed by atoms with E-state index in [0.29, 0.717) is 0 Å². The van der Waals surface area contributed by atoms with E-state index in [9.17, 15) is 13.2 Å². The summed E-state index contributed by atoms with van der Waals surface area (Å²) in [4.78, 5) is 11.0. The molecule has 0 aromatic rings. The average molecular weight is 207 g/mol. The van der Waals surface area contributed by atoms with Gasteiger partial charge in [-0.2, -0.15) is 8.42 Å². The number of hydrogen-bond donors (Lipinski definition) is 2. The monoisotopic (exact) mass is 207 g/mol. The molecule has 13 heavy (non-hydrogen) atoms. The van der Waals surface area contributed by atoms with Gasteiger partial charge < -0.3 is 5.32 Å². The molecule has 0 aromatic heterocycles. The molecule has 2 N–H and O–H groups in total. The van der Waals surface area contributed by atoms with Crippen molar-refractivity contribution in [2.45, 2.75) is 18.6 Å². The van der Waals surface area contributed by atoms with Crippen LogP contribution in [0.4, 0.5) is 0 Å². The van der Waals surface area contributed by atoms with Gasteiger partial charge in [0.15, 0.2) is 0 Å². The van der Waals surface area contributed by atoms with Gasteiger partial charge in [0.25, 0.3) is 10.1 Å². The maximum Gasteiger partial charge on any atom is 0.272 e. The maximum absolute atomic E-state index is 11.0. The molecule has 0 saturated heterocycles. The zero-order valence-electron chi connectivity index (χ0n) is 7.57. The predicted molar refractivity (Wildman–Crippen MR) is 48.8 cm³/mol. The Kier molecular flexibility index (Phi) is 4.09. The summed E-state index contributed by atoms with van der Waals surface area (Å²) in [7, 11) is -2.86. The molecule has 76 valence electrons. The first kappa shape index (κ1) is 12.1. The van der Waals surface area contributed by atoms with Crippen LogP contribution in [-0.4, -0.2) is 31.2 Å². The second-order valence-corrected chi connectivity index (χ2v) is 4.12. The largest absolute Gasteiger partial charge is 0.355 e. The molecule has 0 spiro atoms. The summed E-state index contributed by atoms with van der Waals surface area (Å²) in [6.07, 6.45) is 0.116. The fourth-order valence-corrected chi connectivity index (χ4v) is 1.83. The molecule has 0 aliphatic carbocycles. The molecule has 0 aliphatic rings. The molecule has 0 rings (SSSR count). The topological polar surface area (TPSA) is 83.5 Å². The standard InChI is InChI=1S/C7H13NO4S/c1-4-6(13(10,11)12)5(2)7(9)8-3/h6H,2,4H2,1,3H3,(H,8,9)(H,10,11,12). The van der Waals surface area contributed by atoms with E-state index in [0.717, 1.165) is 0 Å². The highest BCUT2D eigenvalue weighted by molar-refractivity contribution is 7.86. The van der Waals surface area contributed by atoms with Gasteiger partial charge in [-0.05, 0) is 6.42 Å². The van der Waals surface area contributed by atoms with Crippen molar-refractivity contribution >= 4 is 16.0 Å². The van der Waals surface area contributed by atoms with E-state index in [1.165, 1.54) is 7.05 Å². The number of carbonyl (C=O) groups is 1. The summed E-state index contributed by atoms with van der Waals surface area (Å²) in [6, 6.07) is 0. The van der Waals surface area contributed by atoms with Crippen molar-refractivity contribution in [1.82, 2.24) is 5.32 Å². The highest BCUT2D eigenvalue weighted by atomic mass is 32.2. The average Bonchev–Trinajstić information content (AvgIpc) is 2.01. The minimum Gasteiger partial charge on any atom is -0.355 e. The lowest BCUT2D eigenvalue weighted by Gasteiger charge is -2.12. The fourth-order valence-electron chi connectivity index (χ4n) is 0.944. The molecule has 5 nitrogen and oxygen atoms in total. The van der Waals surface area contributed by atoms with Crippen LogP contribution >= 0.6 is 0 Å². The summed E-state index contributed by atoms with van der Waals surface area (Å²) in [6.45, 7) is 4.86. The zero-order valence-corrected chi connectivity index (χ0v) is 8.39. The molecule has 0 aliphatic heterocycles. The van der Waals surface area contributed by atoms with Crippen molar-refractivity contribution in [2.24, 2.45) is 0 Å². The lowest BCUT2D eigenvalue weighted by Crippen LogP contribution is -2.31. The minimum atomic E-state index is -4.23. The normalized spacial score (nSPS) is 13.5. The summed E-state index contributed by atoms with van der Waals surface area (Å²) in [5.74, 6) is -0.579. The Bertz CT molecular complexity index is 306. The Morgan fingerprint density at radius 1 is 1.62 bits per heavy atom. The van der Waals surface area contributed by atoms with Crippen molar-refractivity contribution in [1.29, 1.82) is 0 Å². The highest BCUT2D eigenvalue weighted by Crippen LogP contribution is 2.13. The lowest BCUT2D eigenvalue weighted by atomic mass is 10.1. The second-order valence-electron chi connectivity index (χ2n) is 2.52. The number of nitrogens with one attached hydrogen (secondary N) is 1. The lowest BCUT2D eigenvalue weighted by molar-refractivity contribution is -0.117. The zero-order chi connectivity index (χ0) is 10.6. The van der Waals surface area contributed by atoms with Crippen LogP contribution in [0.15, 0.2) is 12.2 Å². The first-order valence-corrected chi connectivity index (χ1v) is 5.22. The van der Waals surface area contributed by atoms with Crippen molar-refractivity contribution in [2.75, 3.05) is 7.05 Å². The van der Waals surface area contributed by atoms with Crippen molar-refractivity contribution < 1.29 is 17.8 Å².